The second-order valence-electron chi connectivity index (χ2n) is 8.94. The summed E-state index contributed by atoms with van der Waals surface area (Å²) >= 11 is 0. The van der Waals surface area contributed by atoms with Crippen molar-refractivity contribution in [1.29, 1.82) is 5.26 Å². The van der Waals surface area contributed by atoms with Crippen molar-refractivity contribution in [1.82, 2.24) is 19.6 Å². The number of hydrogen-bond acceptors (Lipinski definition) is 7. The fourth-order valence-corrected chi connectivity index (χ4v) is 4.44. The van der Waals surface area contributed by atoms with Crippen LogP contribution in [0, 0.1) is 11.3 Å². The lowest BCUT2D eigenvalue weighted by Crippen LogP contribution is -2.16. The molecule has 0 atom stereocenters. The Kier molecular flexibility index (Phi) is 6.00. The standard InChI is InChI=1S/C24H23N7O3S/c1-15(32)27-22-14-31-23(28-22)10-9-19(29-31)16-11-20(21(12-25)26-13-16)30-35(33,34)18-7-5-17(6-8-18)24(2,3)4/h5-11,13-14,30H,1-4H3,(H,27,32). The van der Waals surface area contributed by atoms with Gasteiger partial charge < -0.3 is 5.32 Å². The molecule has 10 nitrogen and oxygen atoms in total. The highest BCUT2D eigenvalue weighted by molar-refractivity contribution is 7.92. The average molecular weight is 490 g/mol. The van der Waals surface area contributed by atoms with Crippen LogP contribution < -0.4 is 10.0 Å². The van der Waals surface area contributed by atoms with Crippen molar-refractivity contribution in [2.45, 2.75) is 38.0 Å². The van der Waals surface area contributed by atoms with Gasteiger partial charge >= 0.3 is 0 Å². The number of amides is 1. The first-order valence-electron chi connectivity index (χ1n) is 10.6. The predicted octanol–water partition coefficient (Wildman–Crippen LogP) is 3.72. The highest BCUT2D eigenvalue weighted by Crippen LogP contribution is 2.27. The van der Waals surface area contributed by atoms with Crippen LogP contribution in [0.4, 0.5) is 11.5 Å². The molecular weight excluding hydrogens is 466 g/mol. The number of nitriles is 1. The monoisotopic (exact) mass is 489 g/mol. The predicted molar refractivity (Wildman–Crippen MR) is 131 cm³/mol. The van der Waals surface area contributed by atoms with Gasteiger partial charge in [0.05, 0.1) is 22.5 Å². The topological polar surface area (TPSA) is 142 Å². The van der Waals surface area contributed by atoms with Crippen LogP contribution in [-0.2, 0) is 20.2 Å². The summed E-state index contributed by atoms with van der Waals surface area (Å²) in [5.74, 6) is 0.0981. The van der Waals surface area contributed by atoms with E-state index in [1.165, 1.54) is 35.8 Å². The lowest BCUT2D eigenvalue weighted by atomic mass is 9.87. The van der Waals surface area contributed by atoms with Crippen molar-refractivity contribution in [2.24, 2.45) is 0 Å². The van der Waals surface area contributed by atoms with E-state index >= 15 is 0 Å². The largest absolute Gasteiger partial charge is 0.310 e. The Morgan fingerprint density at radius 1 is 1.11 bits per heavy atom. The third-order valence-electron chi connectivity index (χ3n) is 5.19. The van der Waals surface area contributed by atoms with E-state index in [-0.39, 0.29) is 27.6 Å². The zero-order valence-electron chi connectivity index (χ0n) is 19.6. The van der Waals surface area contributed by atoms with Gasteiger partial charge in [-0.1, -0.05) is 32.9 Å². The molecular formula is C24H23N7O3S. The van der Waals surface area contributed by atoms with Crippen LogP contribution >= 0.6 is 0 Å². The smallest absolute Gasteiger partial charge is 0.261 e. The molecule has 1 amide bonds. The van der Waals surface area contributed by atoms with Crippen LogP contribution in [0.5, 0.6) is 0 Å². The molecule has 0 aliphatic rings. The summed E-state index contributed by atoms with van der Waals surface area (Å²) in [5, 5.41) is 16.5. The molecule has 0 aliphatic heterocycles. The molecule has 2 N–H and O–H groups in total. The van der Waals surface area contributed by atoms with Gasteiger partial charge in [-0.3, -0.25) is 9.52 Å². The minimum absolute atomic E-state index is 0.0383. The van der Waals surface area contributed by atoms with Gasteiger partial charge in [0.2, 0.25) is 5.91 Å². The van der Waals surface area contributed by atoms with Gasteiger partial charge in [-0.15, -0.1) is 0 Å². The van der Waals surface area contributed by atoms with Crippen molar-refractivity contribution in [2.75, 3.05) is 10.0 Å². The molecule has 1 aromatic carbocycles. The fourth-order valence-electron chi connectivity index (χ4n) is 3.39. The molecule has 4 aromatic rings. The number of carbonyl (C=O) groups excluding carboxylic acids is 1. The van der Waals surface area contributed by atoms with Crippen molar-refractivity contribution in [3.05, 3.63) is 66.1 Å². The number of anilines is 2. The van der Waals surface area contributed by atoms with Gasteiger partial charge in [-0.2, -0.15) is 10.4 Å². The molecule has 0 aliphatic carbocycles. The van der Waals surface area contributed by atoms with E-state index in [1.807, 2.05) is 26.8 Å². The lowest BCUT2D eigenvalue weighted by Gasteiger charge is -2.19. The number of nitrogens with zero attached hydrogens (tertiary/aromatic N) is 5. The van der Waals surface area contributed by atoms with Gasteiger partial charge in [0.15, 0.2) is 17.2 Å². The Morgan fingerprint density at radius 2 is 1.83 bits per heavy atom. The highest BCUT2D eigenvalue weighted by atomic mass is 32.2. The molecule has 11 heteroatoms. The minimum atomic E-state index is -3.97. The van der Waals surface area contributed by atoms with Crippen molar-refractivity contribution < 1.29 is 13.2 Å². The number of fused-ring (bicyclic) bond motifs is 1. The molecule has 0 radical (unpaired) electrons. The second kappa shape index (κ2) is 8.81. The summed E-state index contributed by atoms with van der Waals surface area (Å²) in [6.45, 7) is 7.51. The maximum Gasteiger partial charge on any atom is 0.261 e. The van der Waals surface area contributed by atoms with E-state index < -0.39 is 10.0 Å². The lowest BCUT2D eigenvalue weighted by molar-refractivity contribution is -0.114. The molecule has 0 saturated heterocycles. The molecule has 0 bridgehead atoms. The Morgan fingerprint density at radius 3 is 2.46 bits per heavy atom. The van der Waals surface area contributed by atoms with Gasteiger partial charge in [-0.25, -0.2) is 22.9 Å². The van der Waals surface area contributed by atoms with Crippen LogP contribution in [0.3, 0.4) is 0 Å². The van der Waals surface area contributed by atoms with Gasteiger partial charge in [-0.05, 0) is 41.3 Å². The summed E-state index contributed by atoms with van der Waals surface area (Å²) in [6.07, 6.45) is 3.00. The fraction of sp³-hybridized carbons (Fsp3) is 0.208. The second-order valence-corrected chi connectivity index (χ2v) is 10.6. The van der Waals surface area contributed by atoms with Crippen molar-refractivity contribution in [3.8, 4) is 17.3 Å². The summed E-state index contributed by atoms with van der Waals surface area (Å²) in [7, 11) is -3.97. The Bertz CT molecular complexity index is 1580. The Balaban J connectivity index is 1.67. The maximum atomic E-state index is 13.0. The number of carbonyl (C=O) groups is 1. The molecule has 3 heterocycles. The minimum Gasteiger partial charge on any atom is -0.310 e. The van der Waals surface area contributed by atoms with Crippen molar-refractivity contribution >= 4 is 33.1 Å². The van der Waals surface area contributed by atoms with Crippen LogP contribution in [0.2, 0.25) is 0 Å². The van der Waals surface area contributed by atoms with E-state index in [0.29, 0.717) is 22.7 Å². The van der Waals surface area contributed by atoms with Crippen LogP contribution in [0.15, 0.2) is 59.8 Å². The van der Waals surface area contributed by atoms with E-state index in [2.05, 4.69) is 25.1 Å². The normalized spacial score (nSPS) is 11.7. The summed E-state index contributed by atoms with van der Waals surface area (Å²) in [4.78, 5) is 19.7. The highest BCUT2D eigenvalue weighted by Gasteiger charge is 2.20. The molecule has 178 valence electrons. The number of sulfonamides is 1. The number of aromatic nitrogens is 4. The zero-order valence-corrected chi connectivity index (χ0v) is 20.4. The molecule has 4 rings (SSSR count). The van der Waals surface area contributed by atoms with E-state index in [9.17, 15) is 18.5 Å². The zero-order chi connectivity index (χ0) is 25.4. The van der Waals surface area contributed by atoms with Gasteiger partial charge in [0.1, 0.15) is 6.07 Å². The van der Waals surface area contributed by atoms with E-state index in [0.717, 1.165) is 5.56 Å². The van der Waals surface area contributed by atoms with Crippen LogP contribution in [0.1, 0.15) is 39.0 Å². The SMILES string of the molecule is CC(=O)Nc1cn2nc(-c3cnc(C#N)c(NS(=O)(=O)c4ccc(C(C)(C)C)cc4)c3)ccc2n1. The number of nitrogens with one attached hydrogen (secondary N) is 2. The average Bonchev–Trinajstić information content (AvgIpc) is 3.19. The van der Waals surface area contributed by atoms with E-state index in [4.69, 9.17) is 0 Å². The number of pyridine rings is 1. The summed E-state index contributed by atoms with van der Waals surface area (Å²) in [6, 6.07) is 13.4. The first kappa shape index (κ1) is 23.8. The third-order valence-corrected chi connectivity index (χ3v) is 6.57. The Hall–Kier alpha value is -4.30. The molecule has 0 fully saturated rings. The Labute approximate surface area is 202 Å². The molecule has 0 spiro atoms. The number of benzene rings is 1. The van der Waals surface area contributed by atoms with E-state index in [1.54, 1.807) is 30.5 Å². The van der Waals surface area contributed by atoms with Gasteiger partial charge in [0.25, 0.3) is 10.0 Å². The van der Waals surface area contributed by atoms with Gasteiger partial charge in [0, 0.05) is 18.7 Å². The number of hydrogen-bond donors (Lipinski definition) is 2. The first-order valence-corrected chi connectivity index (χ1v) is 12.1. The molecule has 0 unspecified atom stereocenters. The van der Waals surface area contributed by atoms with Crippen LogP contribution in [0.25, 0.3) is 16.9 Å². The molecule has 3 aromatic heterocycles. The molecule has 0 saturated carbocycles. The molecule has 35 heavy (non-hydrogen) atoms. The van der Waals surface area contributed by atoms with Crippen molar-refractivity contribution in [3.63, 3.8) is 0 Å². The maximum absolute atomic E-state index is 13.0. The summed E-state index contributed by atoms with van der Waals surface area (Å²) in [5.41, 5.74) is 2.32. The number of imidazole rings is 1. The van der Waals surface area contributed by atoms with Crippen LogP contribution in [-0.4, -0.2) is 33.9 Å². The third kappa shape index (κ3) is 5.12. The number of rotatable bonds is 5. The quantitative estimate of drug-likeness (QED) is 0.435. The first-order chi connectivity index (χ1) is 16.5. The summed E-state index contributed by atoms with van der Waals surface area (Å²) < 4.78 is 30.0.